The van der Waals surface area contributed by atoms with Crippen molar-refractivity contribution >= 4 is 5.91 Å². The Balaban J connectivity index is 2.23. The number of unbranched alkanes of at least 4 members (excludes halogenated alkanes) is 1. The first-order valence-corrected chi connectivity index (χ1v) is 9.75. The maximum atomic E-state index is 13.9. The van der Waals surface area contributed by atoms with Crippen LogP contribution in [-0.2, 0) is 13.0 Å². The Morgan fingerprint density at radius 1 is 1.11 bits per heavy atom. The standard InChI is InChI=1S/C24H27FN2O/c1-4-5-12-21-23(19-10-7-11-20(25)14-19)22(24(26)28)17(3)27(21)15-18-9-6-8-16(2)13-18/h6-11,13-14H,4-5,12,15H2,1-3H3,(H2,26,28). The molecule has 1 heterocycles. The van der Waals surface area contributed by atoms with Gasteiger partial charge in [0.05, 0.1) is 5.56 Å². The van der Waals surface area contributed by atoms with Gasteiger partial charge in [-0.05, 0) is 49.9 Å². The van der Waals surface area contributed by atoms with Crippen molar-refractivity contribution in [2.75, 3.05) is 0 Å². The number of aromatic nitrogens is 1. The fourth-order valence-electron chi connectivity index (χ4n) is 3.87. The Morgan fingerprint density at radius 3 is 2.50 bits per heavy atom. The maximum absolute atomic E-state index is 13.9. The number of nitrogens with two attached hydrogens (primary N) is 1. The first-order chi connectivity index (χ1) is 13.4. The predicted octanol–water partition coefficient (Wildman–Crippen LogP) is 5.40. The van der Waals surface area contributed by atoms with Crippen LogP contribution in [0.15, 0.2) is 48.5 Å². The highest BCUT2D eigenvalue weighted by atomic mass is 19.1. The third-order valence-corrected chi connectivity index (χ3v) is 5.18. The van der Waals surface area contributed by atoms with Crippen molar-refractivity contribution in [2.24, 2.45) is 5.73 Å². The predicted molar refractivity (Wildman–Crippen MR) is 112 cm³/mol. The van der Waals surface area contributed by atoms with Crippen molar-refractivity contribution < 1.29 is 9.18 Å². The lowest BCUT2D eigenvalue weighted by molar-refractivity contribution is 0.1000. The SMILES string of the molecule is CCCCc1c(-c2cccc(F)c2)c(C(N)=O)c(C)n1Cc1cccc(C)c1. The van der Waals surface area contributed by atoms with Crippen molar-refractivity contribution in [1.29, 1.82) is 0 Å². The van der Waals surface area contributed by atoms with Crippen molar-refractivity contribution in [3.05, 3.63) is 82.4 Å². The van der Waals surface area contributed by atoms with E-state index in [1.165, 1.54) is 17.7 Å². The molecular formula is C24H27FN2O. The van der Waals surface area contributed by atoms with Crippen LogP contribution in [0.5, 0.6) is 0 Å². The zero-order valence-electron chi connectivity index (χ0n) is 16.8. The van der Waals surface area contributed by atoms with Gasteiger partial charge in [0.15, 0.2) is 0 Å². The van der Waals surface area contributed by atoms with Gasteiger partial charge in [0.1, 0.15) is 5.82 Å². The molecule has 0 unspecified atom stereocenters. The highest BCUT2D eigenvalue weighted by molar-refractivity contribution is 6.02. The number of hydrogen-bond acceptors (Lipinski definition) is 1. The zero-order chi connectivity index (χ0) is 20.3. The summed E-state index contributed by atoms with van der Waals surface area (Å²) in [4.78, 5) is 12.4. The van der Waals surface area contributed by atoms with Crippen LogP contribution in [0.1, 0.15) is 52.6 Å². The van der Waals surface area contributed by atoms with Crippen LogP contribution in [0.4, 0.5) is 4.39 Å². The molecule has 0 radical (unpaired) electrons. The molecule has 3 aromatic rings. The van der Waals surface area contributed by atoms with Gasteiger partial charge in [-0.1, -0.05) is 55.3 Å². The number of rotatable bonds is 7. The quantitative estimate of drug-likeness (QED) is 0.588. The van der Waals surface area contributed by atoms with E-state index in [0.29, 0.717) is 17.7 Å². The van der Waals surface area contributed by atoms with Gasteiger partial charge >= 0.3 is 0 Å². The van der Waals surface area contributed by atoms with Crippen LogP contribution >= 0.6 is 0 Å². The number of carbonyl (C=O) groups excluding carboxylic acids is 1. The van der Waals surface area contributed by atoms with Crippen molar-refractivity contribution in [3.63, 3.8) is 0 Å². The molecule has 3 nitrogen and oxygen atoms in total. The smallest absolute Gasteiger partial charge is 0.251 e. The molecule has 0 saturated heterocycles. The van der Waals surface area contributed by atoms with Gasteiger partial charge in [0.2, 0.25) is 0 Å². The molecule has 146 valence electrons. The Kier molecular flexibility index (Phi) is 5.98. The van der Waals surface area contributed by atoms with Gasteiger partial charge in [0.25, 0.3) is 5.91 Å². The molecule has 3 rings (SSSR count). The molecule has 1 aromatic heterocycles. The maximum Gasteiger partial charge on any atom is 0.251 e. The lowest BCUT2D eigenvalue weighted by Crippen LogP contribution is -2.13. The van der Waals surface area contributed by atoms with Crippen molar-refractivity contribution in [3.8, 4) is 11.1 Å². The Morgan fingerprint density at radius 2 is 1.86 bits per heavy atom. The Bertz CT molecular complexity index is 1000. The number of hydrogen-bond donors (Lipinski definition) is 1. The molecule has 0 aliphatic rings. The molecule has 0 saturated carbocycles. The van der Waals surface area contributed by atoms with Gasteiger partial charge in [-0.25, -0.2) is 4.39 Å². The van der Waals surface area contributed by atoms with Crippen molar-refractivity contribution in [1.82, 2.24) is 4.57 Å². The molecule has 2 N–H and O–H groups in total. The number of aryl methyl sites for hydroxylation is 1. The van der Waals surface area contributed by atoms with E-state index in [1.54, 1.807) is 6.07 Å². The van der Waals surface area contributed by atoms with Crippen LogP contribution in [0.25, 0.3) is 11.1 Å². The van der Waals surface area contributed by atoms with E-state index in [4.69, 9.17) is 5.73 Å². The number of amides is 1. The second kappa shape index (κ2) is 8.42. The average Bonchev–Trinajstić information content (AvgIpc) is 2.92. The molecule has 28 heavy (non-hydrogen) atoms. The van der Waals surface area contributed by atoms with Crippen LogP contribution < -0.4 is 5.73 Å². The summed E-state index contributed by atoms with van der Waals surface area (Å²) in [5, 5.41) is 0. The number of benzene rings is 2. The fraction of sp³-hybridized carbons (Fsp3) is 0.292. The molecule has 0 fully saturated rings. The highest BCUT2D eigenvalue weighted by Crippen LogP contribution is 2.34. The number of nitrogens with zero attached hydrogens (tertiary/aromatic N) is 1. The zero-order valence-corrected chi connectivity index (χ0v) is 16.8. The van der Waals surface area contributed by atoms with Crippen LogP contribution in [0.2, 0.25) is 0 Å². The molecule has 1 amide bonds. The lowest BCUT2D eigenvalue weighted by atomic mass is 9.97. The molecule has 0 aliphatic carbocycles. The number of halogens is 1. The number of carbonyl (C=O) groups is 1. The Labute approximate surface area is 166 Å². The largest absolute Gasteiger partial charge is 0.366 e. The second-order valence-corrected chi connectivity index (χ2v) is 7.34. The van der Waals surface area contributed by atoms with Gasteiger partial charge in [-0.2, -0.15) is 0 Å². The van der Waals surface area contributed by atoms with Gasteiger partial charge in [-0.3, -0.25) is 4.79 Å². The summed E-state index contributed by atoms with van der Waals surface area (Å²) >= 11 is 0. The fourth-order valence-corrected chi connectivity index (χ4v) is 3.87. The summed E-state index contributed by atoms with van der Waals surface area (Å²) in [6.45, 7) is 6.78. The molecule has 2 aromatic carbocycles. The summed E-state index contributed by atoms with van der Waals surface area (Å²) in [6, 6.07) is 14.7. The highest BCUT2D eigenvalue weighted by Gasteiger charge is 2.24. The minimum atomic E-state index is -0.475. The number of primary amides is 1. The molecule has 0 spiro atoms. The second-order valence-electron chi connectivity index (χ2n) is 7.34. The first kappa shape index (κ1) is 19.9. The lowest BCUT2D eigenvalue weighted by Gasteiger charge is -2.14. The molecular weight excluding hydrogens is 351 g/mol. The monoisotopic (exact) mass is 378 g/mol. The third kappa shape index (κ3) is 4.01. The molecule has 0 bridgehead atoms. The molecule has 0 aliphatic heterocycles. The van der Waals surface area contributed by atoms with Crippen LogP contribution in [0, 0.1) is 19.7 Å². The van der Waals surface area contributed by atoms with Crippen LogP contribution in [-0.4, -0.2) is 10.5 Å². The van der Waals surface area contributed by atoms with Crippen molar-refractivity contribution in [2.45, 2.75) is 46.6 Å². The normalized spacial score (nSPS) is 11.0. The summed E-state index contributed by atoms with van der Waals surface area (Å²) in [6.07, 6.45) is 2.82. The van der Waals surface area contributed by atoms with Gasteiger partial charge in [0, 0.05) is 23.5 Å². The van der Waals surface area contributed by atoms with E-state index >= 15 is 0 Å². The van der Waals surface area contributed by atoms with E-state index < -0.39 is 5.91 Å². The van der Waals surface area contributed by atoms with E-state index in [1.807, 2.05) is 19.1 Å². The minimum absolute atomic E-state index is 0.321. The summed E-state index contributed by atoms with van der Waals surface area (Å²) < 4.78 is 16.1. The first-order valence-electron chi connectivity index (χ1n) is 9.75. The Hall–Kier alpha value is -2.88. The van der Waals surface area contributed by atoms with Gasteiger partial charge in [-0.15, -0.1) is 0 Å². The summed E-state index contributed by atoms with van der Waals surface area (Å²) in [5.74, 6) is -0.795. The topological polar surface area (TPSA) is 48.0 Å². The molecule has 4 heteroatoms. The van der Waals surface area contributed by atoms with E-state index in [9.17, 15) is 9.18 Å². The average molecular weight is 378 g/mol. The van der Waals surface area contributed by atoms with Crippen LogP contribution in [0.3, 0.4) is 0 Å². The summed E-state index contributed by atoms with van der Waals surface area (Å²) in [5.41, 5.74) is 12.0. The van der Waals surface area contributed by atoms with E-state index in [2.05, 4.69) is 36.6 Å². The molecule has 0 atom stereocenters. The van der Waals surface area contributed by atoms with E-state index in [-0.39, 0.29) is 5.82 Å². The summed E-state index contributed by atoms with van der Waals surface area (Å²) in [7, 11) is 0. The minimum Gasteiger partial charge on any atom is -0.366 e. The van der Waals surface area contributed by atoms with E-state index in [0.717, 1.165) is 41.8 Å². The third-order valence-electron chi connectivity index (χ3n) is 5.18. The van der Waals surface area contributed by atoms with Gasteiger partial charge < -0.3 is 10.3 Å².